The number of rotatable bonds is 4. The number of phenols is 1. The van der Waals surface area contributed by atoms with E-state index in [0.29, 0.717) is 11.3 Å². The molecule has 1 unspecified atom stereocenters. The summed E-state index contributed by atoms with van der Waals surface area (Å²) >= 11 is 0. The van der Waals surface area contributed by atoms with Crippen molar-refractivity contribution in [2.24, 2.45) is 0 Å². The molecule has 0 fully saturated rings. The minimum absolute atomic E-state index is 0.240. The minimum Gasteiger partial charge on any atom is -0.507 e. The van der Waals surface area contributed by atoms with Crippen LogP contribution in [0.15, 0.2) is 26.2 Å². The fraction of sp³-hybridized carbons (Fsp3) is 0.556. The summed E-state index contributed by atoms with van der Waals surface area (Å²) in [5, 5.41) is 16.6. The molecule has 0 saturated carbocycles. The number of phenolic OH excluding ortho intramolecular Hbond substituents is 1. The van der Waals surface area contributed by atoms with Crippen LogP contribution in [0.2, 0.25) is 0 Å². The van der Waals surface area contributed by atoms with Crippen molar-refractivity contribution in [3.8, 4) is 5.75 Å². The Morgan fingerprint density at radius 1 is 1.12 bits per heavy atom. The molecule has 2 aromatic rings. The Balaban J connectivity index is 2.39. The maximum absolute atomic E-state index is 12.8. The van der Waals surface area contributed by atoms with E-state index in [4.69, 9.17) is 4.42 Å². The summed E-state index contributed by atoms with van der Waals surface area (Å²) in [6.07, 6.45) is 0.294. The maximum Gasteiger partial charge on any atom is 0.434 e. The topological polar surface area (TPSA) is 96.2 Å². The molecule has 0 amide bonds. The highest BCUT2D eigenvalue weighted by Crippen LogP contribution is 2.40. The standard InChI is InChI=1S/C18H26N2O4S/c1-17(2,3)12-9-11(10-13(15(12)21)18(4,5)6)25(23)8-7-14-19-20-16(22)24-14/h9-10,21H,7-8H2,1-6H3,(H,20,22). The first kappa shape index (κ1) is 19.4. The highest BCUT2D eigenvalue weighted by molar-refractivity contribution is 7.85. The Morgan fingerprint density at radius 2 is 1.64 bits per heavy atom. The van der Waals surface area contributed by atoms with Gasteiger partial charge in [0.2, 0.25) is 5.89 Å². The molecule has 2 N–H and O–H groups in total. The lowest BCUT2D eigenvalue weighted by molar-refractivity contribution is 0.422. The molecule has 25 heavy (non-hydrogen) atoms. The number of aromatic hydroxyl groups is 1. The minimum atomic E-state index is -1.30. The number of nitrogens with zero attached hydrogens (tertiary/aromatic N) is 1. The third-order valence-corrected chi connectivity index (χ3v) is 5.28. The summed E-state index contributed by atoms with van der Waals surface area (Å²) in [5.41, 5.74) is 0.989. The zero-order chi connectivity index (χ0) is 19.0. The predicted octanol–water partition coefficient (Wildman–Crippen LogP) is 3.01. The van der Waals surface area contributed by atoms with Crippen LogP contribution in [0.4, 0.5) is 0 Å². The van der Waals surface area contributed by atoms with Crippen LogP contribution in [0.3, 0.4) is 0 Å². The van der Waals surface area contributed by atoms with Crippen LogP contribution in [0.25, 0.3) is 0 Å². The lowest BCUT2D eigenvalue weighted by Crippen LogP contribution is -2.18. The van der Waals surface area contributed by atoms with E-state index < -0.39 is 16.6 Å². The fourth-order valence-electron chi connectivity index (χ4n) is 2.55. The van der Waals surface area contributed by atoms with Crippen LogP contribution in [0.1, 0.15) is 58.6 Å². The number of benzene rings is 1. The normalized spacial score (nSPS) is 13.8. The maximum atomic E-state index is 12.8. The first-order valence-corrected chi connectivity index (χ1v) is 9.52. The molecule has 6 nitrogen and oxygen atoms in total. The van der Waals surface area contributed by atoms with Crippen LogP contribution in [-0.4, -0.2) is 25.3 Å². The highest BCUT2D eigenvalue weighted by Gasteiger charge is 2.27. The molecule has 1 atom stereocenters. The van der Waals surface area contributed by atoms with E-state index in [2.05, 4.69) is 10.2 Å². The van der Waals surface area contributed by atoms with Crippen molar-refractivity contribution in [2.75, 3.05) is 5.75 Å². The Hall–Kier alpha value is -1.89. The third-order valence-electron chi connectivity index (χ3n) is 3.95. The zero-order valence-corrected chi connectivity index (χ0v) is 16.4. The fourth-order valence-corrected chi connectivity index (χ4v) is 3.64. The number of aromatic nitrogens is 2. The van der Waals surface area contributed by atoms with E-state index in [-0.39, 0.29) is 28.2 Å². The van der Waals surface area contributed by atoms with Crippen molar-refractivity contribution in [1.29, 1.82) is 0 Å². The number of hydrogen-bond acceptors (Lipinski definition) is 5. The van der Waals surface area contributed by atoms with Crippen LogP contribution >= 0.6 is 0 Å². The van der Waals surface area contributed by atoms with Gasteiger partial charge in [-0.05, 0) is 23.0 Å². The van der Waals surface area contributed by atoms with Crippen molar-refractivity contribution in [2.45, 2.75) is 63.7 Å². The quantitative estimate of drug-likeness (QED) is 0.867. The van der Waals surface area contributed by atoms with Gasteiger partial charge in [0.1, 0.15) is 5.75 Å². The van der Waals surface area contributed by atoms with Crippen molar-refractivity contribution < 1.29 is 13.7 Å². The molecule has 0 radical (unpaired) electrons. The Labute approximate surface area is 150 Å². The highest BCUT2D eigenvalue weighted by atomic mass is 32.2. The van der Waals surface area contributed by atoms with Crippen LogP contribution in [0, 0.1) is 0 Å². The third kappa shape index (κ3) is 4.60. The number of aryl methyl sites for hydroxylation is 1. The molecule has 1 aromatic heterocycles. The summed E-state index contributed by atoms with van der Waals surface area (Å²) < 4.78 is 17.6. The van der Waals surface area contributed by atoms with E-state index in [1.54, 1.807) is 12.1 Å². The van der Waals surface area contributed by atoms with Gasteiger partial charge in [-0.2, -0.15) is 0 Å². The summed E-state index contributed by atoms with van der Waals surface area (Å²) in [4.78, 5) is 11.6. The van der Waals surface area contributed by atoms with Gasteiger partial charge in [0, 0.05) is 28.2 Å². The molecule has 1 heterocycles. The molecule has 138 valence electrons. The Morgan fingerprint density at radius 3 is 2.04 bits per heavy atom. The van der Waals surface area contributed by atoms with Gasteiger partial charge in [-0.25, -0.2) is 9.89 Å². The smallest absolute Gasteiger partial charge is 0.434 e. The van der Waals surface area contributed by atoms with E-state index in [1.165, 1.54) is 0 Å². The van der Waals surface area contributed by atoms with Gasteiger partial charge in [-0.3, -0.25) is 4.21 Å². The molecule has 7 heteroatoms. The average molecular weight is 366 g/mol. The molecule has 0 aliphatic rings. The molecular weight excluding hydrogens is 340 g/mol. The zero-order valence-electron chi connectivity index (χ0n) is 15.6. The molecule has 1 aromatic carbocycles. The lowest BCUT2D eigenvalue weighted by Gasteiger charge is -2.28. The summed E-state index contributed by atoms with van der Waals surface area (Å²) in [6, 6.07) is 3.61. The second-order valence-electron chi connectivity index (χ2n) is 8.17. The second kappa shape index (κ2) is 6.78. The van der Waals surface area contributed by atoms with E-state index in [9.17, 15) is 14.1 Å². The molecule has 0 saturated heterocycles. The molecular formula is C18H26N2O4S. The number of H-pyrrole nitrogens is 1. The van der Waals surface area contributed by atoms with Gasteiger partial charge in [-0.15, -0.1) is 5.10 Å². The van der Waals surface area contributed by atoms with Gasteiger partial charge in [-0.1, -0.05) is 41.5 Å². The molecule has 0 aliphatic heterocycles. The molecule has 2 rings (SSSR count). The molecule has 0 aliphatic carbocycles. The van der Waals surface area contributed by atoms with Crippen LogP contribution in [-0.2, 0) is 28.1 Å². The van der Waals surface area contributed by atoms with Crippen molar-refractivity contribution in [3.63, 3.8) is 0 Å². The van der Waals surface area contributed by atoms with E-state index >= 15 is 0 Å². The molecule has 0 bridgehead atoms. The van der Waals surface area contributed by atoms with E-state index in [0.717, 1.165) is 11.1 Å². The second-order valence-corrected chi connectivity index (χ2v) is 9.74. The van der Waals surface area contributed by atoms with Gasteiger partial charge in [0.15, 0.2) is 0 Å². The van der Waals surface area contributed by atoms with Crippen molar-refractivity contribution in [1.82, 2.24) is 10.2 Å². The van der Waals surface area contributed by atoms with Gasteiger partial charge < -0.3 is 9.52 Å². The summed E-state index contributed by atoms with van der Waals surface area (Å²) in [7, 11) is -1.30. The van der Waals surface area contributed by atoms with Gasteiger partial charge in [0.25, 0.3) is 0 Å². The Bertz CT molecular complexity index is 803. The first-order valence-electron chi connectivity index (χ1n) is 8.20. The number of nitrogens with one attached hydrogen (secondary N) is 1. The van der Waals surface area contributed by atoms with Crippen molar-refractivity contribution in [3.05, 3.63) is 39.7 Å². The Kier molecular flexibility index (Phi) is 5.27. The van der Waals surface area contributed by atoms with Gasteiger partial charge in [0.05, 0.1) is 10.8 Å². The number of hydrogen-bond donors (Lipinski definition) is 2. The van der Waals surface area contributed by atoms with E-state index in [1.807, 2.05) is 41.5 Å². The predicted molar refractivity (Wildman–Crippen MR) is 97.6 cm³/mol. The van der Waals surface area contributed by atoms with Crippen molar-refractivity contribution >= 4 is 10.8 Å². The van der Waals surface area contributed by atoms with Crippen LogP contribution < -0.4 is 5.76 Å². The lowest BCUT2D eigenvalue weighted by atomic mass is 9.79. The number of aromatic amines is 1. The monoisotopic (exact) mass is 366 g/mol. The van der Waals surface area contributed by atoms with Crippen LogP contribution in [0.5, 0.6) is 5.75 Å². The summed E-state index contributed by atoms with van der Waals surface area (Å²) in [5.74, 6) is 0.171. The largest absolute Gasteiger partial charge is 0.507 e. The van der Waals surface area contributed by atoms with Gasteiger partial charge >= 0.3 is 5.76 Å². The SMILES string of the molecule is CC(C)(C)c1cc(S(=O)CCc2n[nH]c(=O)o2)cc(C(C)(C)C)c1O. The summed E-state index contributed by atoms with van der Waals surface area (Å²) in [6.45, 7) is 12.1. The average Bonchev–Trinajstić information content (AvgIpc) is 2.88. The molecule has 0 spiro atoms. The first-order chi connectivity index (χ1) is 11.4.